The second-order valence-corrected chi connectivity index (χ2v) is 6.77. The maximum atomic E-state index is 12.9. The van der Waals surface area contributed by atoms with Gasteiger partial charge in [-0.3, -0.25) is 25.2 Å². The SMILES string of the molecule is COc1ccc(/C=C(\NC(=O)c2ccccc2)C(=O)NNC(=O)c2ccccc2)cc1OC. The Balaban J connectivity index is 1.84. The Morgan fingerprint density at radius 3 is 1.85 bits per heavy atom. The molecule has 0 heterocycles. The number of methoxy groups -OCH3 is 2. The van der Waals surface area contributed by atoms with E-state index < -0.39 is 17.7 Å². The molecular weight excluding hydrogens is 422 g/mol. The fourth-order valence-corrected chi connectivity index (χ4v) is 2.89. The lowest BCUT2D eigenvalue weighted by Crippen LogP contribution is -2.45. The number of nitrogens with one attached hydrogen (secondary N) is 3. The van der Waals surface area contributed by atoms with Crippen LogP contribution in [0.1, 0.15) is 26.3 Å². The topological polar surface area (TPSA) is 106 Å². The fraction of sp³-hybridized carbons (Fsp3) is 0.0800. The smallest absolute Gasteiger partial charge is 0.286 e. The first-order valence-corrected chi connectivity index (χ1v) is 9.97. The highest BCUT2D eigenvalue weighted by molar-refractivity contribution is 6.06. The minimum Gasteiger partial charge on any atom is -0.493 e. The average Bonchev–Trinajstić information content (AvgIpc) is 2.87. The summed E-state index contributed by atoms with van der Waals surface area (Å²) in [7, 11) is 3.01. The van der Waals surface area contributed by atoms with Gasteiger partial charge in [-0.05, 0) is 48.0 Å². The Kier molecular flexibility index (Phi) is 7.80. The highest BCUT2D eigenvalue weighted by atomic mass is 16.5. The summed E-state index contributed by atoms with van der Waals surface area (Å²) in [5.74, 6) is -0.712. The molecular formula is C25H23N3O5. The first-order valence-electron chi connectivity index (χ1n) is 9.97. The van der Waals surface area contributed by atoms with Gasteiger partial charge in [-0.15, -0.1) is 0 Å². The first-order chi connectivity index (χ1) is 16.0. The summed E-state index contributed by atoms with van der Waals surface area (Å²) < 4.78 is 10.5. The van der Waals surface area contributed by atoms with Crippen LogP contribution in [0.5, 0.6) is 11.5 Å². The van der Waals surface area contributed by atoms with Crippen molar-refractivity contribution in [3.8, 4) is 11.5 Å². The van der Waals surface area contributed by atoms with Crippen LogP contribution in [0.15, 0.2) is 84.6 Å². The number of carbonyl (C=O) groups is 3. The summed E-state index contributed by atoms with van der Waals surface area (Å²) in [6.45, 7) is 0. The number of carbonyl (C=O) groups excluding carboxylic acids is 3. The highest BCUT2D eigenvalue weighted by Crippen LogP contribution is 2.28. The van der Waals surface area contributed by atoms with Crippen molar-refractivity contribution in [3.63, 3.8) is 0 Å². The zero-order chi connectivity index (χ0) is 23.6. The summed E-state index contributed by atoms with van der Waals surface area (Å²) >= 11 is 0. The molecule has 0 saturated carbocycles. The molecule has 0 fully saturated rings. The number of amides is 3. The lowest BCUT2D eigenvalue weighted by atomic mass is 10.1. The van der Waals surface area contributed by atoms with Crippen molar-refractivity contribution in [2.24, 2.45) is 0 Å². The minimum absolute atomic E-state index is 0.0792. The Bertz CT molecular complexity index is 1160. The van der Waals surface area contributed by atoms with Crippen LogP contribution in [-0.2, 0) is 4.79 Å². The van der Waals surface area contributed by atoms with Crippen LogP contribution in [0.4, 0.5) is 0 Å². The summed E-state index contributed by atoms with van der Waals surface area (Å²) in [5, 5.41) is 2.60. The second kappa shape index (κ2) is 11.1. The summed E-state index contributed by atoms with van der Waals surface area (Å²) in [4.78, 5) is 37.8. The van der Waals surface area contributed by atoms with Gasteiger partial charge in [-0.25, -0.2) is 0 Å². The molecule has 0 atom stereocenters. The lowest BCUT2D eigenvalue weighted by molar-refractivity contribution is -0.118. The number of ether oxygens (including phenoxy) is 2. The molecule has 3 aromatic carbocycles. The van der Waals surface area contributed by atoms with E-state index in [1.807, 2.05) is 0 Å². The van der Waals surface area contributed by atoms with Crippen molar-refractivity contribution < 1.29 is 23.9 Å². The maximum Gasteiger partial charge on any atom is 0.286 e. The molecule has 3 aromatic rings. The van der Waals surface area contributed by atoms with Gasteiger partial charge in [0.2, 0.25) is 0 Å². The van der Waals surface area contributed by atoms with Crippen LogP contribution in [0.2, 0.25) is 0 Å². The summed E-state index contributed by atoms with van der Waals surface area (Å²) in [5.41, 5.74) is 5.91. The Labute approximate surface area is 191 Å². The largest absolute Gasteiger partial charge is 0.493 e. The van der Waals surface area contributed by atoms with Crippen molar-refractivity contribution in [1.82, 2.24) is 16.2 Å². The number of hydrogen-bond donors (Lipinski definition) is 3. The van der Waals surface area contributed by atoms with Crippen molar-refractivity contribution in [3.05, 3.63) is 101 Å². The van der Waals surface area contributed by atoms with Gasteiger partial charge >= 0.3 is 0 Å². The normalized spacial score (nSPS) is 10.7. The predicted octanol–water partition coefficient (Wildman–Crippen LogP) is 2.94. The second-order valence-electron chi connectivity index (χ2n) is 6.77. The third kappa shape index (κ3) is 6.20. The monoisotopic (exact) mass is 445 g/mol. The highest BCUT2D eigenvalue weighted by Gasteiger charge is 2.16. The number of hydrazine groups is 1. The summed E-state index contributed by atoms with van der Waals surface area (Å²) in [6.07, 6.45) is 1.47. The fourth-order valence-electron chi connectivity index (χ4n) is 2.89. The van der Waals surface area contributed by atoms with Crippen LogP contribution in [-0.4, -0.2) is 31.9 Å². The van der Waals surface area contributed by atoms with Gasteiger partial charge in [0.05, 0.1) is 14.2 Å². The van der Waals surface area contributed by atoms with E-state index in [1.54, 1.807) is 78.9 Å². The van der Waals surface area contributed by atoms with Crippen molar-refractivity contribution in [1.29, 1.82) is 0 Å². The third-order valence-corrected chi connectivity index (χ3v) is 4.57. The number of rotatable bonds is 7. The van der Waals surface area contributed by atoms with Gasteiger partial charge in [0.1, 0.15) is 5.70 Å². The molecule has 0 aliphatic carbocycles. The van der Waals surface area contributed by atoms with Gasteiger partial charge in [0.25, 0.3) is 17.7 Å². The predicted molar refractivity (Wildman–Crippen MR) is 123 cm³/mol. The number of benzene rings is 3. The maximum absolute atomic E-state index is 12.9. The van der Waals surface area contributed by atoms with Crippen LogP contribution in [0.3, 0.4) is 0 Å². The van der Waals surface area contributed by atoms with Crippen molar-refractivity contribution in [2.75, 3.05) is 14.2 Å². The molecule has 3 N–H and O–H groups in total. The van der Waals surface area contributed by atoms with Crippen LogP contribution < -0.4 is 25.6 Å². The van der Waals surface area contributed by atoms with E-state index in [-0.39, 0.29) is 5.70 Å². The third-order valence-electron chi connectivity index (χ3n) is 4.57. The zero-order valence-corrected chi connectivity index (χ0v) is 18.1. The molecule has 0 saturated heterocycles. The lowest BCUT2D eigenvalue weighted by Gasteiger charge is -2.13. The standard InChI is InChI=1S/C25H23N3O5/c1-32-21-14-13-17(16-22(21)33-2)15-20(26-23(29)18-9-5-3-6-10-18)25(31)28-27-24(30)19-11-7-4-8-12-19/h3-16H,1-2H3,(H,26,29)(H,27,30)(H,28,31)/b20-15-. The molecule has 0 aliphatic rings. The van der Waals surface area contributed by atoms with Crippen molar-refractivity contribution in [2.45, 2.75) is 0 Å². The van der Waals surface area contributed by atoms with Gasteiger partial charge < -0.3 is 14.8 Å². The molecule has 33 heavy (non-hydrogen) atoms. The Morgan fingerprint density at radius 1 is 0.697 bits per heavy atom. The molecule has 0 aliphatic heterocycles. The molecule has 3 amide bonds. The van der Waals surface area contributed by atoms with Crippen LogP contribution in [0.25, 0.3) is 6.08 Å². The van der Waals surface area contributed by atoms with Gasteiger partial charge in [0, 0.05) is 11.1 Å². The van der Waals surface area contributed by atoms with E-state index in [9.17, 15) is 14.4 Å². The van der Waals surface area contributed by atoms with E-state index in [0.29, 0.717) is 28.2 Å². The number of hydrogen-bond acceptors (Lipinski definition) is 5. The molecule has 3 rings (SSSR count). The van der Waals surface area contributed by atoms with Gasteiger partial charge in [0.15, 0.2) is 11.5 Å². The van der Waals surface area contributed by atoms with Crippen LogP contribution in [0, 0.1) is 0 Å². The molecule has 0 bridgehead atoms. The van der Waals surface area contributed by atoms with Gasteiger partial charge in [-0.1, -0.05) is 42.5 Å². The first kappa shape index (κ1) is 23.1. The van der Waals surface area contributed by atoms with E-state index in [1.165, 1.54) is 20.3 Å². The molecule has 0 radical (unpaired) electrons. The molecule has 0 aromatic heterocycles. The van der Waals surface area contributed by atoms with Crippen molar-refractivity contribution >= 4 is 23.8 Å². The zero-order valence-electron chi connectivity index (χ0n) is 18.1. The van der Waals surface area contributed by atoms with Gasteiger partial charge in [-0.2, -0.15) is 0 Å². The Morgan fingerprint density at radius 2 is 1.27 bits per heavy atom. The Hall–Kier alpha value is -4.59. The van der Waals surface area contributed by atoms with E-state index in [4.69, 9.17) is 9.47 Å². The van der Waals surface area contributed by atoms with E-state index in [2.05, 4.69) is 16.2 Å². The molecule has 8 heteroatoms. The molecule has 0 unspecified atom stereocenters. The average molecular weight is 445 g/mol. The molecule has 168 valence electrons. The van der Waals surface area contributed by atoms with Crippen LogP contribution >= 0.6 is 0 Å². The quantitative estimate of drug-likeness (QED) is 0.383. The van der Waals surface area contributed by atoms with E-state index in [0.717, 1.165) is 0 Å². The molecule has 8 nitrogen and oxygen atoms in total. The minimum atomic E-state index is -0.710. The molecule has 0 spiro atoms. The van der Waals surface area contributed by atoms with E-state index >= 15 is 0 Å². The summed E-state index contributed by atoms with van der Waals surface area (Å²) in [6, 6.07) is 21.9.